The second-order valence-corrected chi connectivity index (χ2v) is 3.02. The summed E-state index contributed by atoms with van der Waals surface area (Å²) in [4.78, 5) is 0. The first-order valence-corrected chi connectivity index (χ1v) is 4.20. The van der Waals surface area contributed by atoms with E-state index in [2.05, 4.69) is 11.3 Å². The molecule has 0 aliphatic rings. The van der Waals surface area contributed by atoms with Gasteiger partial charge in [0.05, 0.1) is 6.54 Å². The second kappa shape index (κ2) is 3.76. The van der Waals surface area contributed by atoms with Gasteiger partial charge in [-0.05, 0) is 23.8 Å². The fourth-order valence-corrected chi connectivity index (χ4v) is 1.23. The third kappa shape index (κ3) is 2.01. The quantitative estimate of drug-likeness (QED) is 0.696. The summed E-state index contributed by atoms with van der Waals surface area (Å²) in [6.07, 6.45) is 4.14. The largest absolute Gasteiger partial charge is 0.268 e. The van der Waals surface area contributed by atoms with Gasteiger partial charge >= 0.3 is 0 Å². The lowest BCUT2D eigenvalue weighted by molar-refractivity contribution is 0.444. The summed E-state index contributed by atoms with van der Waals surface area (Å²) in [7, 11) is 0. The fraction of sp³-hybridized carbons (Fsp3) is 0.100. The highest BCUT2D eigenvalue weighted by Crippen LogP contribution is 2.14. The highest BCUT2D eigenvalue weighted by molar-refractivity contribution is 5.19. The Bertz CT molecular complexity index is 443. The van der Waals surface area contributed by atoms with Crippen LogP contribution in [0.15, 0.2) is 24.4 Å². The van der Waals surface area contributed by atoms with Crippen LogP contribution in [0.2, 0.25) is 0 Å². The molecular weight excluding hydrogens is 205 g/mol. The van der Waals surface area contributed by atoms with Gasteiger partial charge in [0, 0.05) is 6.20 Å². The molecule has 1 aromatic carbocycles. The van der Waals surface area contributed by atoms with Gasteiger partial charge in [-0.3, -0.25) is 4.68 Å². The van der Waals surface area contributed by atoms with Gasteiger partial charge in [0.2, 0.25) is 0 Å². The maximum atomic E-state index is 12.8. The first-order valence-electron chi connectivity index (χ1n) is 4.20. The van der Waals surface area contributed by atoms with Gasteiger partial charge in [-0.15, -0.1) is 0 Å². The molecule has 2 rings (SSSR count). The van der Waals surface area contributed by atoms with E-state index in [-0.39, 0.29) is 6.54 Å². The molecule has 0 aliphatic heterocycles. The van der Waals surface area contributed by atoms with E-state index in [4.69, 9.17) is 0 Å². The molecule has 5 heteroatoms. The predicted molar refractivity (Wildman–Crippen MR) is 46.5 cm³/mol. The molecule has 2 nitrogen and oxygen atoms in total. The molecular formula is C10H6F3N2. The van der Waals surface area contributed by atoms with Gasteiger partial charge < -0.3 is 0 Å². The standard InChI is InChI=1S/C10H6F3N2/c11-8-4-7(5-9(12)10(8)13)6-15-3-1-2-14-15/h1,3-5H,6H2. The first-order chi connectivity index (χ1) is 7.16. The van der Waals surface area contributed by atoms with Crippen molar-refractivity contribution in [3.05, 3.63) is 53.6 Å². The van der Waals surface area contributed by atoms with Crippen LogP contribution in [0.25, 0.3) is 0 Å². The number of halogens is 3. The van der Waals surface area contributed by atoms with Crippen molar-refractivity contribution >= 4 is 0 Å². The van der Waals surface area contributed by atoms with Crippen molar-refractivity contribution in [3.8, 4) is 0 Å². The molecule has 0 atom stereocenters. The molecule has 2 aromatic rings. The van der Waals surface area contributed by atoms with Crippen LogP contribution in [0.4, 0.5) is 13.2 Å². The summed E-state index contributed by atoms with van der Waals surface area (Å²) in [5.41, 5.74) is 0.309. The summed E-state index contributed by atoms with van der Waals surface area (Å²) in [5, 5.41) is 3.75. The Kier molecular flexibility index (Phi) is 2.45. The van der Waals surface area contributed by atoms with E-state index in [1.165, 1.54) is 4.68 Å². The molecule has 0 N–H and O–H groups in total. The van der Waals surface area contributed by atoms with E-state index in [0.717, 1.165) is 12.1 Å². The highest BCUT2D eigenvalue weighted by atomic mass is 19.2. The monoisotopic (exact) mass is 211 g/mol. The average Bonchev–Trinajstić information content (AvgIpc) is 2.66. The summed E-state index contributed by atoms with van der Waals surface area (Å²) in [6, 6.07) is 3.45. The van der Waals surface area contributed by atoms with Gasteiger partial charge in [-0.2, -0.15) is 5.10 Å². The second-order valence-electron chi connectivity index (χ2n) is 3.02. The van der Waals surface area contributed by atoms with E-state index in [1.807, 2.05) is 0 Å². The van der Waals surface area contributed by atoms with Gasteiger partial charge in [-0.1, -0.05) is 0 Å². The summed E-state index contributed by atoms with van der Waals surface area (Å²) in [5.74, 6) is -3.84. The predicted octanol–water partition coefficient (Wildman–Crippen LogP) is 2.15. The van der Waals surface area contributed by atoms with Gasteiger partial charge in [-0.25, -0.2) is 13.2 Å². The van der Waals surface area contributed by atoms with Crippen LogP contribution in [0.3, 0.4) is 0 Å². The van der Waals surface area contributed by atoms with Crippen molar-refractivity contribution in [2.75, 3.05) is 0 Å². The molecule has 0 saturated heterocycles. The Morgan fingerprint density at radius 2 is 1.87 bits per heavy atom. The first kappa shape index (κ1) is 9.76. The number of hydrogen-bond acceptors (Lipinski definition) is 1. The van der Waals surface area contributed by atoms with Crippen LogP contribution >= 0.6 is 0 Å². The Morgan fingerprint density at radius 3 is 2.40 bits per heavy atom. The molecule has 1 aromatic heterocycles. The Morgan fingerprint density at radius 1 is 1.20 bits per heavy atom. The number of nitrogens with zero attached hydrogens (tertiary/aromatic N) is 2. The van der Waals surface area contributed by atoms with E-state index < -0.39 is 17.5 Å². The Labute approximate surface area is 84.0 Å². The van der Waals surface area contributed by atoms with E-state index >= 15 is 0 Å². The zero-order chi connectivity index (χ0) is 10.8. The van der Waals surface area contributed by atoms with Crippen LogP contribution < -0.4 is 0 Å². The topological polar surface area (TPSA) is 17.8 Å². The van der Waals surface area contributed by atoms with E-state index in [0.29, 0.717) is 5.56 Å². The van der Waals surface area contributed by atoms with Crippen molar-refractivity contribution in [1.29, 1.82) is 0 Å². The minimum absolute atomic E-state index is 0.178. The summed E-state index contributed by atoms with van der Waals surface area (Å²) >= 11 is 0. The van der Waals surface area contributed by atoms with Crippen LogP contribution in [0, 0.1) is 23.6 Å². The molecule has 0 spiro atoms. The molecule has 0 saturated carbocycles. The van der Waals surface area contributed by atoms with Crippen LogP contribution in [0.5, 0.6) is 0 Å². The smallest absolute Gasteiger partial charge is 0.194 e. The molecule has 77 valence electrons. The zero-order valence-electron chi connectivity index (χ0n) is 7.54. The van der Waals surface area contributed by atoms with Crippen molar-refractivity contribution in [2.45, 2.75) is 6.54 Å². The Hall–Kier alpha value is -1.78. The van der Waals surface area contributed by atoms with E-state index in [1.54, 1.807) is 12.3 Å². The SMILES string of the molecule is Fc1cc(Cn2cc[c]n2)cc(F)c1F. The molecule has 15 heavy (non-hydrogen) atoms. The fourth-order valence-electron chi connectivity index (χ4n) is 1.23. The lowest BCUT2D eigenvalue weighted by atomic mass is 10.2. The lowest BCUT2D eigenvalue weighted by Crippen LogP contribution is -2.02. The number of benzene rings is 1. The van der Waals surface area contributed by atoms with Crippen molar-refractivity contribution in [1.82, 2.24) is 9.78 Å². The highest BCUT2D eigenvalue weighted by Gasteiger charge is 2.10. The average molecular weight is 211 g/mol. The van der Waals surface area contributed by atoms with Crippen LogP contribution in [-0.2, 0) is 6.54 Å². The van der Waals surface area contributed by atoms with Crippen LogP contribution in [0.1, 0.15) is 5.56 Å². The normalized spacial score (nSPS) is 10.6. The minimum Gasteiger partial charge on any atom is -0.268 e. The molecule has 0 aliphatic carbocycles. The molecule has 1 radical (unpaired) electrons. The zero-order valence-corrected chi connectivity index (χ0v) is 7.54. The molecule has 0 unspecified atom stereocenters. The third-order valence-electron chi connectivity index (χ3n) is 1.90. The lowest BCUT2D eigenvalue weighted by Gasteiger charge is -2.03. The van der Waals surface area contributed by atoms with Gasteiger partial charge in [0.1, 0.15) is 6.20 Å². The third-order valence-corrected chi connectivity index (χ3v) is 1.90. The molecule has 0 amide bonds. The number of aromatic nitrogens is 2. The number of rotatable bonds is 2. The van der Waals surface area contributed by atoms with Crippen molar-refractivity contribution in [3.63, 3.8) is 0 Å². The number of hydrogen-bond donors (Lipinski definition) is 0. The molecule has 1 heterocycles. The maximum absolute atomic E-state index is 12.8. The van der Waals surface area contributed by atoms with Gasteiger partial charge in [0.15, 0.2) is 17.5 Å². The van der Waals surface area contributed by atoms with Crippen molar-refractivity contribution < 1.29 is 13.2 Å². The summed E-state index contributed by atoms with van der Waals surface area (Å²) < 4.78 is 39.7. The summed E-state index contributed by atoms with van der Waals surface area (Å²) in [6.45, 7) is 0.178. The van der Waals surface area contributed by atoms with Gasteiger partial charge in [0.25, 0.3) is 0 Å². The minimum atomic E-state index is -1.45. The maximum Gasteiger partial charge on any atom is 0.194 e. The Balaban J connectivity index is 2.30. The molecule has 0 bridgehead atoms. The van der Waals surface area contributed by atoms with Crippen molar-refractivity contribution in [2.24, 2.45) is 0 Å². The molecule has 0 fully saturated rings. The van der Waals surface area contributed by atoms with E-state index in [9.17, 15) is 13.2 Å². The van der Waals surface area contributed by atoms with Crippen LogP contribution in [-0.4, -0.2) is 9.78 Å².